The Kier molecular flexibility index (Phi) is 11.5. The summed E-state index contributed by atoms with van der Waals surface area (Å²) in [6.07, 6.45) is -3.26. The van der Waals surface area contributed by atoms with Gasteiger partial charge in [0.2, 0.25) is 0 Å². The monoisotopic (exact) mass is 695 g/mol. The third-order valence-corrected chi connectivity index (χ3v) is 7.54. The number of aromatic nitrogens is 1. The van der Waals surface area contributed by atoms with Crippen molar-refractivity contribution in [2.24, 2.45) is 0 Å². The van der Waals surface area contributed by atoms with E-state index in [1.165, 1.54) is 12.3 Å². The zero-order valence-corrected chi connectivity index (χ0v) is 25.9. The summed E-state index contributed by atoms with van der Waals surface area (Å²) in [5.41, 5.74) is 3.93. The van der Waals surface area contributed by atoms with Crippen molar-refractivity contribution >= 4 is 38.8 Å². The first-order valence-corrected chi connectivity index (χ1v) is 15.1. The molecule has 0 saturated heterocycles. The highest BCUT2D eigenvalue weighted by molar-refractivity contribution is 9.08. The number of benzene rings is 4. The van der Waals surface area contributed by atoms with Crippen molar-refractivity contribution in [3.05, 3.63) is 131 Å². The Morgan fingerprint density at radius 1 is 0.783 bits per heavy atom. The molecule has 11 heteroatoms. The van der Waals surface area contributed by atoms with Crippen LogP contribution in [0.5, 0.6) is 5.75 Å². The Balaban J connectivity index is 0.000000337. The lowest BCUT2D eigenvalue weighted by Crippen LogP contribution is -2.07. The number of carbonyl (C=O) groups is 2. The molecule has 0 aliphatic rings. The van der Waals surface area contributed by atoms with Crippen LogP contribution < -0.4 is 4.74 Å². The van der Waals surface area contributed by atoms with Crippen molar-refractivity contribution in [3.63, 3.8) is 0 Å². The van der Waals surface area contributed by atoms with Crippen LogP contribution in [-0.4, -0.2) is 32.2 Å². The molecule has 0 unspecified atom stereocenters. The number of hydrogen-bond donors (Lipinski definition) is 3. The predicted molar refractivity (Wildman–Crippen MR) is 171 cm³/mol. The van der Waals surface area contributed by atoms with Crippen LogP contribution in [0.2, 0.25) is 0 Å². The van der Waals surface area contributed by atoms with E-state index in [1.807, 2.05) is 24.3 Å². The maximum atomic E-state index is 13.5. The number of pyridine rings is 1. The van der Waals surface area contributed by atoms with E-state index < -0.39 is 23.7 Å². The minimum absolute atomic E-state index is 0.0632. The summed E-state index contributed by atoms with van der Waals surface area (Å²) in [5.74, 6) is -1.21. The van der Waals surface area contributed by atoms with Crippen LogP contribution in [0.1, 0.15) is 33.4 Å². The molecule has 0 atom stereocenters. The summed E-state index contributed by atoms with van der Waals surface area (Å²) < 4.78 is 46.4. The van der Waals surface area contributed by atoms with Crippen molar-refractivity contribution in [1.29, 1.82) is 0 Å². The number of alkyl halides is 4. The maximum Gasteiger partial charge on any atom is 0.418 e. The smallest absolute Gasteiger partial charge is 0.418 e. The van der Waals surface area contributed by atoms with E-state index in [0.29, 0.717) is 28.0 Å². The topological polar surface area (TPSA) is 117 Å². The van der Waals surface area contributed by atoms with Crippen molar-refractivity contribution in [2.45, 2.75) is 37.6 Å². The van der Waals surface area contributed by atoms with E-state index in [4.69, 9.17) is 14.9 Å². The SMILES string of the molecule is O=C(O)Cc1ccc(CBr)cc1.O=C(O)Cc1ccc(COc2cccc(-c3c(CO)cnc4c(C(F)(F)F)cccc34)c2)cc1. The number of rotatable bonds is 10. The molecule has 0 spiro atoms. The molecule has 0 fully saturated rings. The van der Waals surface area contributed by atoms with E-state index in [2.05, 4.69) is 20.9 Å². The van der Waals surface area contributed by atoms with Gasteiger partial charge >= 0.3 is 18.1 Å². The largest absolute Gasteiger partial charge is 0.489 e. The number of halogens is 4. The van der Waals surface area contributed by atoms with Gasteiger partial charge < -0.3 is 20.1 Å². The fourth-order valence-corrected chi connectivity index (χ4v) is 5.08. The number of aliphatic hydroxyl groups excluding tert-OH is 1. The highest BCUT2D eigenvalue weighted by Crippen LogP contribution is 2.39. The molecule has 1 heterocycles. The molecule has 4 aromatic carbocycles. The molecule has 238 valence electrons. The molecule has 0 aliphatic carbocycles. The Hall–Kier alpha value is -4.74. The molecule has 0 aliphatic heterocycles. The second-order valence-corrected chi connectivity index (χ2v) is 10.8. The molecular formula is C35H29BrF3NO6. The fraction of sp³-hybridized carbons (Fsp3) is 0.171. The lowest BCUT2D eigenvalue weighted by atomic mass is 9.95. The molecule has 7 nitrogen and oxygen atoms in total. The van der Waals surface area contributed by atoms with Crippen LogP contribution >= 0.6 is 15.9 Å². The molecule has 0 amide bonds. The molecule has 0 radical (unpaired) electrons. The van der Waals surface area contributed by atoms with E-state index >= 15 is 0 Å². The molecular weight excluding hydrogens is 667 g/mol. The van der Waals surface area contributed by atoms with Crippen molar-refractivity contribution in [1.82, 2.24) is 4.98 Å². The average Bonchev–Trinajstić information content (AvgIpc) is 3.03. The van der Waals surface area contributed by atoms with Gasteiger partial charge in [0, 0.05) is 22.5 Å². The van der Waals surface area contributed by atoms with E-state index in [1.54, 1.807) is 54.6 Å². The Bertz CT molecular complexity index is 1810. The van der Waals surface area contributed by atoms with Gasteiger partial charge in [-0.05, 0) is 51.6 Å². The third-order valence-electron chi connectivity index (χ3n) is 6.89. The van der Waals surface area contributed by atoms with Gasteiger partial charge in [-0.1, -0.05) is 88.7 Å². The number of nitrogens with zero attached hydrogens (tertiary/aromatic N) is 1. The van der Waals surface area contributed by atoms with E-state index in [-0.39, 0.29) is 37.0 Å². The van der Waals surface area contributed by atoms with Gasteiger partial charge in [0.1, 0.15) is 12.4 Å². The number of hydrogen-bond acceptors (Lipinski definition) is 5. The zero-order valence-electron chi connectivity index (χ0n) is 24.3. The second kappa shape index (κ2) is 15.5. The average molecular weight is 697 g/mol. The van der Waals surface area contributed by atoms with Crippen molar-refractivity contribution < 1.29 is 42.8 Å². The summed E-state index contributed by atoms with van der Waals surface area (Å²) in [6, 6.07) is 25.3. The Morgan fingerprint density at radius 2 is 1.35 bits per heavy atom. The van der Waals surface area contributed by atoms with Crippen LogP contribution in [0, 0.1) is 0 Å². The third kappa shape index (κ3) is 9.15. The van der Waals surface area contributed by atoms with Crippen LogP contribution in [0.4, 0.5) is 13.2 Å². The first-order chi connectivity index (χ1) is 22.0. The van der Waals surface area contributed by atoms with E-state index in [9.17, 15) is 27.9 Å². The molecule has 5 aromatic rings. The fourth-order valence-electron chi connectivity index (χ4n) is 4.71. The van der Waals surface area contributed by atoms with Gasteiger partial charge in [0.15, 0.2) is 0 Å². The number of para-hydroxylation sites is 1. The maximum absolute atomic E-state index is 13.5. The van der Waals surface area contributed by atoms with Crippen LogP contribution in [0.3, 0.4) is 0 Å². The van der Waals surface area contributed by atoms with Crippen molar-refractivity contribution in [2.75, 3.05) is 0 Å². The zero-order chi connectivity index (χ0) is 33.3. The lowest BCUT2D eigenvalue weighted by molar-refractivity contribution is -0.137. The summed E-state index contributed by atoms with van der Waals surface area (Å²) in [5, 5.41) is 28.3. The number of aliphatic carboxylic acids is 2. The molecule has 0 saturated carbocycles. The van der Waals surface area contributed by atoms with Crippen molar-refractivity contribution in [3.8, 4) is 16.9 Å². The lowest BCUT2D eigenvalue weighted by Gasteiger charge is -2.16. The van der Waals surface area contributed by atoms with Gasteiger partial charge in [-0.25, -0.2) is 0 Å². The first kappa shape index (κ1) is 34.1. The predicted octanol–water partition coefficient (Wildman–Crippen LogP) is 7.83. The molecule has 5 rings (SSSR count). The molecule has 46 heavy (non-hydrogen) atoms. The van der Waals surface area contributed by atoms with Gasteiger partial charge in [-0.3, -0.25) is 14.6 Å². The molecule has 1 aromatic heterocycles. The highest BCUT2D eigenvalue weighted by atomic mass is 79.9. The Labute approximate surface area is 271 Å². The van der Waals surface area contributed by atoms with Crippen LogP contribution in [0.15, 0.2) is 97.2 Å². The number of aliphatic hydroxyl groups is 1. The summed E-state index contributed by atoms with van der Waals surface area (Å²) >= 11 is 3.32. The van der Waals surface area contributed by atoms with Crippen LogP contribution in [-0.2, 0) is 47.2 Å². The summed E-state index contributed by atoms with van der Waals surface area (Å²) in [6.45, 7) is -0.165. The number of carboxylic acids is 2. The Morgan fingerprint density at radius 3 is 1.89 bits per heavy atom. The molecule has 3 N–H and O–H groups in total. The second-order valence-electron chi connectivity index (χ2n) is 10.2. The van der Waals surface area contributed by atoms with Gasteiger partial charge in [-0.2, -0.15) is 13.2 Å². The van der Waals surface area contributed by atoms with Gasteiger partial charge in [0.25, 0.3) is 0 Å². The highest BCUT2D eigenvalue weighted by Gasteiger charge is 2.33. The minimum atomic E-state index is -4.56. The minimum Gasteiger partial charge on any atom is -0.489 e. The van der Waals surface area contributed by atoms with E-state index in [0.717, 1.165) is 28.1 Å². The summed E-state index contributed by atoms with van der Waals surface area (Å²) in [4.78, 5) is 25.1. The number of ether oxygens (including phenoxy) is 1. The standard InChI is InChI=1S/C26H20F3NO4.C9H9BrO2/c27-26(28,29)22-6-2-5-21-24(19(14-31)13-30-25(21)22)18-3-1-4-20(12-18)34-15-17-9-7-16(8-10-17)11-23(32)33;10-6-8-3-1-7(2-4-8)5-9(11)12/h1-10,12-13,31H,11,14-15H2,(H,32,33);1-4H,5-6H2,(H,11,12). The van der Waals surface area contributed by atoms with Gasteiger partial charge in [-0.15, -0.1) is 0 Å². The summed E-state index contributed by atoms with van der Waals surface area (Å²) in [7, 11) is 0. The quantitative estimate of drug-likeness (QED) is 0.128. The van der Waals surface area contributed by atoms with Crippen LogP contribution in [0.25, 0.3) is 22.0 Å². The normalized spacial score (nSPS) is 11.1. The van der Waals surface area contributed by atoms with Gasteiger partial charge in [0.05, 0.1) is 30.5 Å². The molecule has 0 bridgehead atoms. The number of carboxylic acid groups (broad SMARTS) is 2. The first-order valence-electron chi connectivity index (χ1n) is 14.0. The number of fused-ring (bicyclic) bond motifs is 1.